The Hall–Kier alpha value is -2.71. The number of fused-ring (bicyclic) bond motifs is 2. The SMILES string of the molecule is CC[C@H]1CN(CC(=O)N(C)C)[C@@H](C)C[C@@H]1c1sc2[nH]c(-c3cn4ncnc4c(C)c3C)c(C(C)C)c2c1C. The van der Waals surface area contributed by atoms with Gasteiger partial charge in [-0.05, 0) is 74.1 Å². The van der Waals surface area contributed by atoms with Crippen molar-refractivity contribution in [1.29, 1.82) is 0 Å². The first-order valence-electron chi connectivity index (χ1n) is 13.9. The molecule has 204 valence electrons. The number of hydrogen-bond acceptors (Lipinski definition) is 5. The molecule has 8 heteroatoms. The molecule has 5 rings (SSSR count). The molecule has 0 aliphatic carbocycles. The number of aryl methyl sites for hydroxylation is 2. The van der Waals surface area contributed by atoms with Crippen molar-refractivity contribution < 1.29 is 4.79 Å². The number of amides is 1. The molecule has 4 aromatic heterocycles. The first-order valence-corrected chi connectivity index (χ1v) is 14.7. The number of carbonyl (C=O) groups excluding carboxylic acids is 1. The van der Waals surface area contributed by atoms with Crippen molar-refractivity contribution in [3.8, 4) is 11.3 Å². The quantitative estimate of drug-likeness (QED) is 0.316. The van der Waals surface area contributed by atoms with Crippen LogP contribution < -0.4 is 0 Å². The van der Waals surface area contributed by atoms with Gasteiger partial charge in [0.05, 0.1) is 12.2 Å². The monoisotopic (exact) mass is 534 g/mol. The van der Waals surface area contributed by atoms with Crippen LogP contribution in [0.3, 0.4) is 0 Å². The van der Waals surface area contributed by atoms with Gasteiger partial charge in [-0.2, -0.15) is 5.10 Å². The predicted octanol–water partition coefficient (Wildman–Crippen LogP) is 6.28. The van der Waals surface area contributed by atoms with Crippen molar-refractivity contribution in [2.24, 2.45) is 5.92 Å². The summed E-state index contributed by atoms with van der Waals surface area (Å²) in [5.74, 6) is 1.63. The molecule has 1 amide bonds. The molecule has 1 saturated heterocycles. The number of pyridine rings is 1. The van der Waals surface area contributed by atoms with Gasteiger partial charge in [0.15, 0.2) is 5.65 Å². The van der Waals surface area contributed by atoms with Crippen LogP contribution in [0, 0.1) is 26.7 Å². The maximum atomic E-state index is 12.5. The summed E-state index contributed by atoms with van der Waals surface area (Å²) >= 11 is 1.95. The fraction of sp³-hybridized carbons (Fsp3) is 0.567. The molecule has 1 fully saturated rings. The minimum atomic E-state index is 0.189. The van der Waals surface area contributed by atoms with E-state index in [9.17, 15) is 4.79 Å². The second-order valence-corrected chi connectivity index (χ2v) is 12.8. The first-order chi connectivity index (χ1) is 18.0. The number of hydrogen-bond donors (Lipinski definition) is 1. The van der Waals surface area contributed by atoms with Crippen LogP contribution >= 0.6 is 11.3 Å². The molecule has 38 heavy (non-hydrogen) atoms. The molecule has 3 atom stereocenters. The second-order valence-electron chi connectivity index (χ2n) is 11.8. The lowest BCUT2D eigenvalue weighted by Gasteiger charge is -2.42. The normalized spacial score (nSPS) is 20.7. The predicted molar refractivity (Wildman–Crippen MR) is 157 cm³/mol. The van der Waals surface area contributed by atoms with Crippen LogP contribution in [0.2, 0.25) is 0 Å². The molecule has 7 nitrogen and oxygen atoms in total. The smallest absolute Gasteiger partial charge is 0.236 e. The van der Waals surface area contributed by atoms with Crippen molar-refractivity contribution >= 4 is 33.1 Å². The van der Waals surface area contributed by atoms with Gasteiger partial charge in [0, 0.05) is 48.7 Å². The molecule has 1 aliphatic rings. The minimum absolute atomic E-state index is 0.189. The summed E-state index contributed by atoms with van der Waals surface area (Å²) in [5, 5.41) is 5.84. The molecule has 1 aliphatic heterocycles. The highest BCUT2D eigenvalue weighted by Gasteiger charge is 2.37. The van der Waals surface area contributed by atoms with E-state index in [-0.39, 0.29) is 5.91 Å². The minimum Gasteiger partial charge on any atom is -0.348 e. The van der Waals surface area contributed by atoms with Gasteiger partial charge in [-0.1, -0.05) is 27.2 Å². The van der Waals surface area contributed by atoms with Crippen LogP contribution in [0.1, 0.15) is 79.5 Å². The Bertz CT molecular complexity index is 1490. The fourth-order valence-electron chi connectivity index (χ4n) is 6.43. The molecule has 4 aromatic rings. The van der Waals surface area contributed by atoms with E-state index in [0.717, 1.165) is 25.0 Å². The number of carbonyl (C=O) groups is 1. The second kappa shape index (κ2) is 10.1. The Morgan fingerprint density at radius 2 is 1.95 bits per heavy atom. The molecule has 0 radical (unpaired) electrons. The van der Waals surface area contributed by atoms with Crippen LogP contribution in [0.25, 0.3) is 27.1 Å². The van der Waals surface area contributed by atoms with E-state index in [1.165, 1.54) is 48.6 Å². The molecule has 0 spiro atoms. The van der Waals surface area contributed by atoms with Crippen LogP contribution in [0.5, 0.6) is 0 Å². The number of aromatic nitrogens is 4. The highest BCUT2D eigenvalue weighted by atomic mass is 32.1. The van der Waals surface area contributed by atoms with Gasteiger partial charge in [0.1, 0.15) is 11.2 Å². The lowest BCUT2D eigenvalue weighted by atomic mass is 9.78. The number of likely N-dealkylation sites (N-methyl/N-ethyl adjacent to an activating group) is 1. The van der Waals surface area contributed by atoms with Gasteiger partial charge in [-0.3, -0.25) is 9.69 Å². The van der Waals surface area contributed by atoms with E-state index in [0.29, 0.717) is 30.3 Å². The van der Waals surface area contributed by atoms with Crippen LogP contribution in [-0.4, -0.2) is 68.5 Å². The molecule has 0 saturated carbocycles. The zero-order valence-electron chi connectivity index (χ0n) is 24.3. The lowest BCUT2D eigenvalue weighted by Crippen LogP contribution is -2.48. The zero-order chi connectivity index (χ0) is 27.5. The standard InChI is InChI=1S/C30H42N6OS/c1-10-21-12-35(14-24(37)34(8)9)17(4)11-22(21)28-20(7)26-25(16(2)3)27(33-30(26)38-28)23-13-36-29(31-15-32-36)19(6)18(23)5/h13,15-17,21-22,33H,10-12,14H2,1-9H3/t17-,21-,22-/m0/s1. The maximum absolute atomic E-state index is 12.5. The van der Waals surface area contributed by atoms with Crippen molar-refractivity contribution in [2.45, 2.75) is 79.2 Å². The lowest BCUT2D eigenvalue weighted by molar-refractivity contribution is -0.131. The van der Waals surface area contributed by atoms with Crippen molar-refractivity contribution in [1.82, 2.24) is 29.4 Å². The fourth-order valence-corrected chi connectivity index (χ4v) is 7.87. The Morgan fingerprint density at radius 1 is 1.21 bits per heavy atom. The number of nitrogens with one attached hydrogen (secondary N) is 1. The molecule has 5 heterocycles. The summed E-state index contributed by atoms with van der Waals surface area (Å²) in [6.07, 6.45) is 5.97. The van der Waals surface area contributed by atoms with E-state index >= 15 is 0 Å². The van der Waals surface area contributed by atoms with Crippen molar-refractivity contribution in [3.63, 3.8) is 0 Å². The third kappa shape index (κ3) is 4.35. The highest BCUT2D eigenvalue weighted by molar-refractivity contribution is 7.19. The molecular weight excluding hydrogens is 492 g/mol. The molecule has 0 aromatic carbocycles. The van der Waals surface area contributed by atoms with Gasteiger partial charge in [-0.15, -0.1) is 11.3 Å². The molecule has 1 N–H and O–H groups in total. The number of rotatable bonds is 6. The number of thiophene rings is 1. The Balaban J connectivity index is 1.56. The highest BCUT2D eigenvalue weighted by Crippen LogP contribution is 2.48. The zero-order valence-corrected chi connectivity index (χ0v) is 25.2. The first kappa shape index (κ1) is 26.9. The number of piperidine rings is 1. The van der Waals surface area contributed by atoms with E-state index in [4.69, 9.17) is 0 Å². The van der Waals surface area contributed by atoms with Gasteiger partial charge in [0.2, 0.25) is 5.91 Å². The summed E-state index contributed by atoms with van der Waals surface area (Å²) < 4.78 is 1.90. The summed E-state index contributed by atoms with van der Waals surface area (Å²) in [6, 6.07) is 0.381. The van der Waals surface area contributed by atoms with Crippen LogP contribution in [0.4, 0.5) is 0 Å². The van der Waals surface area contributed by atoms with E-state index in [1.54, 1.807) is 11.2 Å². The average Bonchev–Trinajstić information content (AvgIpc) is 3.57. The van der Waals surface area contributed by atoms with Crippen LogP contribution in [0.15, 0.2) is 12.5 Å². The van der Waals surface area contributed by atoms with Gasteiger partial charge in [0.25, 0.3) is 0 Å². The third-order valence-corrected chi connectivity index (χ3v) is 10.2. The molecule has 0 unspecified atom stereocenters. The Labute approximate surface area is 230 Å². The maximum Gasteiger partial charge on any atom is 0.236 e. The van der Waals surface area contributed by atoms with Gasteiger partial charge < -0.3 is 9.88 Å². The van der Waals surface area contributed by atoms with E-state index in [2.05, 4.69) is 74.6 Å². The molecule has 0 bridgehead atoms. The van der Waals surface area contributed by atoms with E-state index in [1.807, 2.05) is 29.9 Å². The van der Waals surface area contributed by atoms with Gasteiger partial charge >= 0.3 is 0 Å². The summed E-state index contributed by atoms with van der Waals surface area (Å²) in [5.41, 5.74) is 8.59. The number of H-pyrrole nitrogens is 1. The van der Waals surface area contributed by atoms with Crippen molar-refractivity contribution in [3.05, 3.63) is 39.7 Å². The number of nitrogens with zero attached hydrogens (tertiary/aromatic N) is 5. The van der Waals surface area contributed by atoms with E-state index < -0.39 is 0 Å². The van der Waals surface area contributed by atoms with Crippen LogP contribution in [-0.2, 0) is 4.79 Å². The summed E-state index contributed by atoms with van der Waals surface area (Å²) in [4.78, 5) is 27.7. The number of aromatic amines is 1. The Morgan fingerprint density at radius 3 is 2.61 bits per heavy atom. The summed E-state index contributed by atoms with van der Waals surface area (Å²) in [6.45, 7) is 17.3. The topological polar surface area (TPSA) is 69.5 Å². The molecular formula is C30H42N6OS. The largest absolute Gasteiger partial charge is 0.348 e. The Kier molecular flexibility index (Phi) is 7.16. The summed E-state index contributed by atoms with van der Waals surface area (Å²) in [7, 11) is 3.70. The average molecular weight is 535 g/mol. The van der Waals surface area contributed by atoms with Gasteiger partial charge in [-0.25, -0.2) is 9.50 Å². The van der Waals surface area contributed by atoms with Crippen molar-refractivity contribution in [2.75, 3.05) is 27.2 Å². The third-order valence-electron chi connectivity index (χ3n) is 8.89. The number of likely N-dealkylation sites (tertiary alicyclic amines) is 1.